The SMILES string of the molecule is CC(CC(c1ccccc1)N1CCc2ccccc2C1)NC(=O)c1ccccc1. The van der Waals surface area contributed by atoms with Gasteiger partial charge in [-0.25, -0.2) is 0 Å². The summed E-state index contributed by atoms with van der Waals surface area (Å²) in [6, 6.07) is 29.2. The Morgan fingerprint density at radius 2 is 1.52 bits per heavy atom. The second kappa shape index (κ2) is 9.06. The summed E-state index contributed by atoms with van der Waals surface area (Å²) in [4.78, 5) is 15.1. The molecule has 0 aromatic heterocycles. The fourth-order valence-corrected chi connectivity index (χ4v) is 4.25. The zero-order valence-electron chi connectivity index (χ0n) is 16.9. The number of amides is 1. The van der Waals surface area contributed by atoms with Gasteiger partial charge < -0.3 is 5.32 Å². The summed E-state index contributed by atoms with van der Waals surface area (Å²) in [6.45, 7) is 4.10. The Labute approximate surface area is 173 Å². The molecular formula is C26H28N2O. The second-order valence-corrected chi connectivity index (χ2v) is 7.89. The summed E-state index contributed by atoms with van der Waals surface area (Å²) < 4.78 is 0. The molecule has 0 saturated carbocycles. The average molecular weight is 385 g/mol. The Balaban J connectivity index is 1.50. The molecule has 0 spiro atoms. The highest BCUT2D eigenvalue weighted by Crippen LogP contribution is 2.31. The van der Waals surface area contributed by atoms with Crippen LogP contribution in [0, 0.1) is 0 Å². The minimum Gasteiger partial charge on any atom is -0.350 e. The smallest absolute Gasteiger partial charge is 0.251 e. The zero-order valence-corrected chi connectivity index (χ0v) is 16.9. The van der Waals surface area contributed by atoms with Gasteiger partial charge in [-0.15, -0.1) is 0 Å². The normalized spacial score (nSPS) is 15.9. The number of carbonyl (C=O) groups is 1. The largest absolute Gasteiger partial charge is 0.350 e. The molecule has 3 aromatic rings. The first-order valence-corrected chi connectivity index (χ1v) is 10.4. The molecule has 0 radical (unpaired) electrons. The van der Waals surface area contributed by atoms with E-state index in [4.69, 9.17) is 0 Å². The van der Waals surface area contributed by atoms with Crippen molar-refractivity contribution in [3.05, 3.63) is 107 Å². The van der Waals surface area contributed by atoms with Crippen LogP contribution < -0.4 is 5.32 Å². The van der Waals surface area contributed by atoms with Gasteiger partial charge in [0.1, 0.15) is 0 Å². The van der Waals surface area contributed by atoms with Crippen molar-refractivity contribution in [3.63, 3.8) is 0 Å². The molecule has 1 heterocycles. The molecule has 1 aliphatic rings. The lowest BCUT2D eigenvalue weighted by molar-refractivity contribution is 0.0922. The number of carbonyl (C=O) groups excluding carboxylic acids is 1. The number of fused-ring (bicyclic) bond motifs is 1. The van der Waals surface area contributed by atoms with Gasteiger partial charge in [0, 0.05) is 30.7 Å². The molecule has 0 fully saturated rings. The highest BCUT2D eigenvalue weighted by atomic mass is 16.1. The van der Waals surface area contributed by atoms with Crippen LogP contribution in [0.1, 0.15) is 46.4 Å². The standard InChI is InChI=1S/C26H28N2O/c1-20(27-26(29)23-13-6-3-7-14-23)18-25(22-11-4-2-5-12-22)28-17-16-21-10-8-9-15-24(21)19-28/h2-15,20,25H,16-19H2,1H3,(H,27,29). The quantitative estimate of drug-likeness (QED) is 0.649. The molecule has 2 unspecified atom stereocenters. The van der Waals surface area contributed by atoms with E-state index in [-0.39, 0.29) is 18.0 Å². The lowest BCUT2D eigenvalue weighted by Crippen LogP contribution is -2.39. The fourth-order valence-electron chi connectivity index (χ4n) is 4.25. The van der Waals surface area contributed by atoms with E-state index in [1.165, 1.54) is 16.7 Å². The van der Waals surface area contributed by atoms with Crippen LogP contribution in [-0.4, -0.2) is 23.4 Å². The third kappa shape index (κ3) is 4.75. The lowest BCUT2D eigenvalue weighted by atomic mass is 9.93. The number of rotatable bonds is 6. The third-order valence-corrected chi connectivity index (χ3v) is 5.78. The lowest BCUT2D eigenvalue weighted by Gasteiger charge is -2.37. The van der Waals surface area contributed by atoms with Crippen LogP contribution in [-0.2, 0) is 13.0 Å². The van der Waals surface area contributed by atoms with Crippen molar-refractivity contribution in [1.29, 1.82) is 0 Å². The van der Waals surface area contributed by atoms with Crippen LogP contribution in [0.15, 0.2) is 84.9 Å². The molecular weight excluding hydrogens is 356 g/mol. The number of hydrogen-bond acceptors (Lipinski definition) is 2. The molecule has 0 saturated heterocycles. The van der Waals surface area contributed by atoms with Gasteiger partial charge in [0.15, 0.2) is 0 Å². The minimum atomic E-state index is -0.00565. The third-order valence-electron chi connectivity index (χ3n) is 5.78. The van der Waals surface area contributed by atoms with E-state index in [9.17, 15) is 4.79 Å². The number of hydrogen-bond donors (Lipinski definition) is 1. The highest BCUT2D eigenvalue weighted by Gasteiger charge is 2.26. The summed E-state index contributed by atoms with van der Waals surface area (Å²) in [7, 11) is 0. The van der Waals surface area contributed by atoms with Gasteiger partial charge in [-0.1, -0.05) is 72.8 Å². The van der Waals surface area contributed by atoms with Gasteiger partial charge in [-0.2, -0.15) is 0 Å². The molecule has 0 bridgehead atoms. The Morgan fingerprint density at radius 1 is 0.897 bits per heavy atom. The van der Waals surface area contributed by atoms with Crippen molar-refractivity contribution >= 4 is 5.91 Å². The van der Waals surface area contributed by atoms with Gasteiger partial charge in [-0.3, -0.25) is 9.69 Å². The van der Waals surface area contributed by atoms with Crippen LogP contribution in [0.2, 0.25) is 0 Å². The summed E-state index contributed by atoms with van der Waals surface area (Å²) in [5.41, 5.74) is 4.90. The van der Waals surface area contributed by atoms with E-state index in [1.807, 2.05) is 30.3 Å². The minimum absolute atomic E-state index is 0.00565. The second-order valence-electron chi connectivity index (χ2n) is 7.89. The predicted octanol–water partition coefficient (Wildman–Crippen LogP) is 4.99. The van der Waals surface area contributed by atoms with Crippen LogP contribution in [0.3, 0.4) is 0 Å². The highest BCUT2D eigenvalue weighted by molar-refractivity contribution is 5.94. The van der Waals surface area contributed by atoms with Crippen molar-refractivity contribution in [2.24, 2.45) is 0 Å². The van der Waals surface area contributed by atoms with Gasteiger partial charge >= 0.3 is 0 Å². The molecule has 4 rings (SSSR count). The van der Waals surface area contributed by atoms with E-state index >= 15 is 0 Å². The van der Waals surface area contributed by atoms with E-state index in [2.05, 4.69) is 71.7 Å². The Kier molecular flexibility index (Phi) is 6.06. The fraction of sp³-hybridized carbons (Fsp3) is 0.269. The zero-order chi connectivity index (χ0) is 20.1. The van der Waals surface area contributed by atoms with Gasteiger partial charge in [0.2, 0.25) is 0 Å². The molecule has 3 aromatic carbocycles. The summed E-state index contributed by atoms with van der Waals surface area (Å²) >= 11 is 0. The van der Waals surface area contributed by atoms with Gasteiger partial charge in [0.05, 0.1) is 0 Å². The maximum atomic E-state index is 12.6. The maximum Gasteiger partial charge on any atom is 0.251 e. The van der Waals surface area contributed by atoms with Gasteiger partial charge in [-0.05, 0) is 48.6 Å². The first-order chi connectivity index (χ1) is 14.2. The maximum absolute atomic E-state index is 12.6. The molecule has 29 heavy (non-hydrogen) atoms. The molecule has 1 amide bonds. The average Bonchev–Trinajstić information content (AvgIpc) is 2.78. The monoisotopic (exact) mass is 384 g/mol. The van der Waals surface area contributed by atoms with E-state index < -0.39 is 0 Å². The number of nitrogens with one attached hydrogen (secondary N) is 1. The van der Waals surface area contributed by atoms with Crippen LogP contribution in [0.5, 0.6) is 0 Å². The van der Waals surface area contributed by atoms with Crippen molar-refractivity contribution in [1.82, 2.24) is 10.2 Å². The molecule has 0 aliphatic carbocycles. The Morgan fingerprint density at radius 3 is 2.24 bits per heavy atom. The van der Waals surface area contributed by atoms with Crippen LogP contribution in [0.4, 0.5) is 0 Å². The molecule has 3 heteroatoms. The van der Waals surface area contributed by atoms with Crippen LogP contribution >= 0.6 is 0 Å². The van der Waals surface area contributed by atoms with Crippen molar-refractivity contribution in [2.45, 2.75) is 38.4 Å². The summed E-state index contributed by atoms with van der Waals surface area (Å²) in [6.07, 6.45) is 1.95. The van der Waals surface area contributed by atoms with Crippen LogP contribution in [0.25, 0.3) is 0 Å². The van der Waals surface area contributed by atoms with Gasteiger partial charge in [0.25, 0.3) is 5.91 Å². The number of benzene rings is 3. The Hall–Kier alpha value is -2.91. The van der Waals surface area contributed by atoms with Crippen molar-refractivity contribution in [2.75, 3.05) is 6.54 Å². The predicted molar refractivity (Wildman–Crippen MR) is 118 cm³/mol. The molecule has 1 aliphatic heterocycles. The Bertz CT molecular complexity index is 939. The topological polar surface area (TPSA) is 32.3 Å². The molecule has 1 N–H and O–H groups in total. The first-order valence-electron chi connectivity index (χ1n) is 10.4. The van der Waals surface area contributed by atoms with Crippen molar-refractivity contribution < 1.29 is 4.79 Å². The molecule has 2 atom stereocenters. The number of nitrogens with zero attached hydrogens (tertiary/aromatic N) is 1. The van der Waals surface area contributed by atoms with E-state index in [0.717, 1.165) is 25.9 Å². The summed E-state index contributed by atoms with van der Waals surface area (Å²) in [5, 5.41) is 3.19. The van der Waals surface area contributed by atoms with E-state index in [0.29, 0.717) is 5.56 Å². The molecule has 3 nitrogen and oxygen atoms in total. The van der Waals surface area contributed by atoms with E-state index in [1.54, 1.807) is 0 Å². The summed E-state index contributed by atoms with van der Waals surface area (Å²) in [5.74, 6) is -0.00565. The molecule has 148 valence electrons. The first kappa shape index (κ1) is 19.4. The van der Waals surface area contributed by atoms with Crippen molar-refractivity contribution in [3.8, 4) is 0 Å².